The number of rotatable bonds is 3. The maximum atomic E-state index is 12.2. The van der Waals surface area contributed by atoms with Gasteiger partial charge in [-0.05, 0) is 36.8 Å². The summed E-state index contributed by atoms with van der Waals surface area (Å²) in [4.78, 5) is 16.4. The molecule has 1 N–H and O–H groups in total. The highest BCUT2D eigenvalue weighted by Gasteiger charge is 2.09. The van der Waals surface area contributed by atoms with Crippen molar-refractivity contribution in [2.24, 2.45) is 0 Å². The molecule has 0 saturated heterocycles. The van der Waals surface area contributed by atoms with Gasteiger partial charge in [0.15, 0.2) is 0 Å². The smallest absolute Gasteiger partial charge is 0.262 e. The zero-order valence-electron chi connectivity index (χ0n) is 9.20. The van der Waals surface area contributed by atoms with E-state index in [-0.39, 0.29) is 10.8 Å². The molecule has 0 spiro atoms. The molecular formula is C11H11BrClN3O. The zero-order valence-corrected chi connectivity index (χ0v) is 11.5. The zero-order chi connectivity index (χ0) is 12.4. The lowest BCUT2D eigenvalue weighted by Gasteiger charge is -2.08. The molecule has 0 fully saturated rings. The Bertz CT molecular complexity index is 611. The number of nitrogens with zero attached hydrogens (tertiary/aromatic N) is 2. The van der Waals surface area contributed by atoms with Gasteiger partial charge in [-0.15, -0.1) is 0 Å². The van der Waals surface area contributed by atoms with Crippen molar-refractivity contribution in [3.8, 4) is 0 Å². The molecule has 0 aliphatic rings. The van der Waals surface area contributed by atoms with Crippen molar-refractivity contribution in [1.29, 1.82) is 0 Å². The molecule has 0 aliphatic carbocycles. The number of nitrogens with one attached hydrogen (secondary N) is 1. The van der Waals surface area contributed by atoms with Crippen molar-refractivity contribution in [2.45, 2.75) is 6.54 Å². The summed E-state index contributed by atoms with van der Waals surface area (Å²) in [5.74, 6) is 0. The van der Waals surface area contributed by atoms with Gasteiger partial charge in [-0.1, -0.05) is 15.9 Å². The average Bonchev–Trinajstić information content (AvgIpc) is 2.30. The Labute approximate surface area is 112 Å². The van der Waals surface area contributed by atoms with Gasteiger partial charge in [-0.3, -0.25) is 9.36 Å². The predicted octanol–water partition coefficient (Wildman–Crippen LogP) is 2.03. The number of hydrogen-bond donors (Lipinski definition) is 1. The Hall–Kier alpha value is -0.910. The molecule has 2 rings (SSSR count). The summed E-state index contributed by atoms with van der Waals surface area (Å²) in [7, 11) is 1.82. The molecule has 0 aliphatic heterocycles. The molecule has 17 heavy (non-hydrogen) atoms. The maximum Gasteiger partial charge on any atom is 0.262 e. The van der Waals surface area contributed by atoms with Crippen molar-refractivity contribution in [1.82, 2.24) is 14.9 Å². The van der Waals surface area contributed by atoms with Crippen LogP contribution in [0.3, 0.4) is 0 Å². The van der Waals surface area contributed by atoms with E-state index in [9.17, 15) is 4.79 Å². The number of likely N-dealkylation sites (N-methyl/N-ethyl adjacent to an activating group) is 1. The van der Waals surface area contributed by atoms with E-state index in [1.54, 1.807) is 12.1 Å². The third kappa shape index (κ3) is 2.51. The summed E-state index contributed by atoms with van der Waals surface area (Å²) in [6, 6.07) is 5.37. The van der Waals surface area contributed by atoms with Gasteiger partial charge in [0.05, 0.1) is 10.9 Å². The summed E-state index contributed by atoms with van der Waals surface area (Å²) in [6.07, 6.45) is 0. The van der Waals surface area contributed by atoms with Gasteiger partial charge in [0.2, 0.25) is 5.28 Å². The topological polar surface area (TPSA) is 46.9 Å². The van der Waals surface area contributed by atoms with E-state index in [1.807, 2.05) is 13.1 Å². The van der Waals surface area contributed by atoms with Crippen LogP contribution in [0.1, 0.15) is 0 Å². The van der Waals surface area contributed by atoms with Gasteiger partial charge in [0.25, 0.3) is 5.56 Å². The summed E-state index contributed by atoms with van der Waals surface area (Å²) < 4.78 is 2.32. The second-order valence-corrected chi connectivity index (χ2v) is 4.86. The van der Waals surface area contributed by atoms with E-state index < -0.39 is 0 Å². The van der Waals surface area contributed by atoms with E-state index in [4.69, 9.17) is 11.6 Å². The van der Waals surface area contributed by atoms with Crippen LogP contribution in [0.25, 0.3) is 10.9 Å². The fourth-order valence-electron chi connectivity index (χ4n) is 1.58. The van der Waals surface area contributed by atoms with Crippen LogP contribution >= 0.6 is 27.5 Å². The molecule has 0 unspecified atom stereocenters. The molecule has 1 aromatic carbocycles. The highest BCUT2D eigenvalue weighted by molar-refractivity contribution is 9.10. The van der Waals surface area contributed by atoms with Gasteiger partial charge in [-0.25, -0.2) is 4.98 Å². The van der Waals surface area contributed by atoms with Crippen LogP contribution < -0.4 is 10.9 Å². The fraction of sp³-hybridized carbons (Fsp3) is 0.273. The molecule has 4 nitrogen and oxygen atoms in total. The van der Waals surface area contributed by atoms with Crippen molar-refractivity contribution in [3.05, 3.63) is 38.3 Å². The molecule has 2 aromatic rings. The summed E-state index contributed by atoms with van der Waals surface area (Å²) in [6.45, 7) is 1.17. The molecule has 0 atom stereocenters. The number of aromatic nitrogens is 2. The minimum Gasteiger partial charge on any atom is -0.318 e. The quantitative estimate of drug-likeness (QED) is 0.882. The van der Waals surface area contributed by atoms with E-state index >= 15 is 0 Å². The van der Waals surface area contributed by atoms with Crippen LogP contribution in [0.2, 0.25) is 5.28 Å². The lowest BCUT2D eigenvalue weighted by molar-refractivity contribution is 0.622. The number of hydrogen-bond acceptors (Lipinski definition) is 3. The van der Waals surface area contributed by atoms with Crippen molar-refractivity contribution in [3.63, 3.8) is 0 Å². The first-order chi connectivity index (χ1) is 8.13. The first-order valence-corrected chi connectivity index (χ1v) is 6.31. The summed E-state index contributed by atoms with van der Waals surface area (Å²) in [5, 5.41) is 3.77. The van der Waals surface area contributed by atoms with Crippen LogP contribution in [0.5, 0.6) is 0 Å². The lowest BCUT2D eigenvalue weighted by atomic mass is 10.2. The van der Waals surface area contributed by atoms with Gasteiger partial charge in [-0.2, -0.15) is 0 Å². The molecule has 6 heteroatoms. The van der Waals surface area contributed by atoms with Gasteiger partial charge < -0.3 is 5.32 Å². The SMILES string of the molecule is CNCCn1c(Cl)nc2ccc(Br)cc2c1=O. The second kappa shape index (κ2) is 5.16. The minimum atomic E-state index is -0.114. The fourth-order valence-corrected chi connectivity index (χ4v) is 2.20. The van der Waals surface area contributed by atoms with Crippen LogP contribution in [-0.2, 0) is 6.54 Å². The molecule has 90 valence electrons. The molecule has 1 heterocycles. The molecule has 0 radical (unpaired) electrons. The molecular weight excluding hydrogens is 305 g/mol. The third-order valence-electron chi connectivity index (χ3n) is 2.46. The van der Waals surface area contributed by atoms with Gasteiger partial charge in [0, 0.05) is 17.6 Å². The second-order valence-electron chi connectivity index (χ2n) is 3.60. The Morgan fingerprint density at radius 1 is 1.53 bits per heavy atom. The number of fused-ring (bicyclic) bond motifs is 1. The normalized spacial score (nSPS) is 11.0. The van der Waals surface area contributed by atoms with Crippen molar-refractivity contribution in [2.75, 3.05) is 13.6 Å². The standard InChI is InChI=1S/C11H11BrClN3O/c1-14-4-5-16-10(17)8-6-7(12)2-3-9(8)15-11(16)13/h2-3,6,14H,4-5H2,1H3. The predicted molar refractivity (Wildman–Crippen MR) is 72.6 cm³/mol. The first kappa shape index (κ1) is 12.5. The Morgan fingerprint density at radius 2 is 2.29 bits per heavy atom. The molecule has 0 amide bonds. The van der Waals surface area contributed by atoms with Gasteiger partial charge in [0.1, 0.15) is 0 Å². The highest BCUT2D eigenvalue weighted by Crippen LogP contribution is 2.17. The van der Waals surface area contributed by atoms with E-state index in [2.05, 4.69) is 26.2 Å². The largest absolute Gasteiger partial charge is 0.318 e. The third-order valence-corrected chi connectivity index (χ3v) is 3.24. The Balaban J connectivity index is 2.65. The average molecular weight is 317 g/mol. The van der Waals surface area contributed by atoms with Crippen LogP contribution in [0, 0.1) is 0 Å². The Kier molecular flexibility index (Phi) is 3.81. The first-order valence-electron chi connectivity index (χ1n) is 5.13. The van der Waals surface area contributed by atoms with Crippen molar-refractivity contribution < 1.29 is 0 Å². The van der Waals surface area contributed by atoms with Crippen molar-refractivity contribution >= 4 is 38.4 Å². The number of halogens is 2. The van der Waals surface area contributed by atoms with Crippen LogP contribution in [0.4, 0.5) is 0 Å². The lowest BCUT2D eigenvalue weighted by Crippen LogP contribution is -2.27. The van der Waals surface area contributed by atoms with Gasteiger partial charge >= 0.3 is 0 Å². The maximum absolute atomic E-state index is 12.2. The minimum absolute atomic E-state index is 0.114. The Morgan fingerprint density at radius 3 is 3.00 bits per heavy atom. The number of benzene rings is 1. The highest BCUT2D eigenvalue weighted by atomic mass is 79.9. The van der Waals surface area contributed by atoms with E-state index in [1.165, 1.54) is 4.57 Å². The van der Waals surface area contributed by atoms with Crippen LogP contribution in [-0.4, -0.2) is 23.1 Å². The summed E-state index contributed by atoms with van der Waals surface area (Å²) >= 11 is 9.34. The molecule has 0 saturated carbocycles. The monoisotopic (exact) mass is 315 g/mol. The van der Waals surface area contributed by atoms with Crippen LogP contribution in [0.15, 0.2) is 27.5 Å². The van der Waals surface area contributed by atoms with E-state index in [0.29, 0.717) is 24.0 Å². The molecule has 1 aromatic heterocycles. The molecule has 0 bridgehead atoms. The van der Waals surface area contributed by atoms with E-state index in [0.717, 1.165) is 4.47 Å². The summed E-state index contributed by atoms with van der Waals surface area (Å²) in [5.41, 5.74) is 0.500.